The number of carbonyl (C=O) groups excluding carboxylic acids is 1. The van der Waals surface area contributed by atoms with E-state index in [9.17, 15) is 13.2 Å². The van der Waals surface area contributed by atoms with Crippen molar-refractivity contribution < 1.29 is 13.2 Å². The normalized spacial score (nSPS) is 13.7. The van der Waals surface area contributed by atoms with E-state index >= 15 is 0 Å². The number of benzene rings is 2. The van der Waals surface area contributed by atoms with Crippen LogP contribution in [0.5, 0.6) is 0 Å². The summed E-state index contributed by atoms with van der Waals surface area (Å²) in [5, 5.41) is 0. The fourth-order valence-corrected chi connectivity index (χ4v) is 4.27. The highest BCUT2D eigenvalue weighted by Gasteiger charge is 2.26. The van der Waals surface area contributed by atoms with Crippen molar-refractivity contribution in [3.63, 3.8) is 0 Å². The van der Waals surface area contributed by atoms with Crippen LogP contribution in [-0.2, 0) is 21.2 Å². The van der Waals surface area contributed by atoms with E-state index in [1.807, 2.05) is 12.1 Å². The van der Waals surface area contributed by atoms with Gasteiger partial charge in [-0.15, -0.1) is 0 Å². The minimum absolute atomic E-state index is 0.0329. The van der Waals surface area contributed by atoms with Gasteiger partial charge in [0.15, 0.2) is 0 Å². The maximum absolute atomic E-state index is 12.7. The largest absolute Gasteiger partial charge is 0.372 e. The Balaban J connectivity index is 1.82. The fourth-order valence-electron chi connectivity index (χ4n) is 3.16. The first-order valence-corrected chi connectivity index (χ1v) is 10.1. The molecule has 0 saturated heterocycles. The van der Waals surface area contributed by atoms with Gasteiger partial charge in [-0.25, -0.2) is 8.42 Å². The molecule has 1 aliphatic heterocycles. The van der Waals surface area contributed by atoms with Gasteiger partial charge in [0.05, 0.1) is 11.3 Å². The summed E-state index contributed by atoms with van der Waals surface area (Å²) in [5.74, 6) is -0.0329. The standard InChI is InChI=1S/C19H23N3O3S/c1-4-22(5-2)16-8-6-15(7-9-16)20-26(24,25)17-10-11-18-14(12-17)13-19(23)21(18)3/h6-12,20H,4-5,13H2,1-3H3. The molecule has 0 bridgehead atoms. The highest BCUT2D eigenvalue weighted by Crippen LogP contribution is 2.30. The Morgan fingerprint density at radius 3 is 2.35 bits per heavy atom. The Kier molecular flexibility index (Phi) is 4.91. The monoisotopic (exact) mass is 373 g/mol. The molecule has 0 radical (unpaired) electrons. The van der Waals surface area contributed by atoms with Crippen LogP contribution in [0.4, 0.5) is 17.1 Å². The molecule has 0 spiro atoms. The lowest BCUT2D eigenvalue weighted by molar-refractivity contribution is -0.117. The van der Waals surface area contributed by atoms with Crippen LogP contribution in [0.1, 0.15) is 19.4 Å². The minimum atomic E-state index is -3.71. The molecule has 2 aromatic rings. The number of amides is 1. The van der Waals surface area contributed by atoms with E-state index in [0.29, 0.717) is 5.69 Å². The first kappa shape index (κ1) is 18.3. The van der Waals surface area contributed by atoms with Gasteiger partial charge in [0.1, 0.15) is 0 Å². The summed E-state index contributed by atoms with van der Waals surface area (Å²) >= 11 is 0. The Hall–Kier alpha value is -2.54. The smallest absolute Gasteiger partial charge is 0.261 e. The first-order valence-electron chi connectivity index (χ1n) is 8.63. The third-order valence-corrected chi connectivity index (χ3v) is 6.07. The van der Waals surface area contributed by atoms with E-state index in [1.165, 1.54) is 6.07 Å². The Labute approximate surface area is 154 Å². The molecular formula is C19H23N3O3S. The summed E-state index contributed by atoms with van der Waals surface area (Å²) in [5.41, 5.74) is 3.06. The lowest BCUT2D eigenvalue weighted by Gasteiger charge is -2.21. The number of sulfonamides is 1. The zero-order valence-electron chi connectivity index (χ0n) is 15.2. The number of hydrogen-bond acceptors (Lipinski definition) is 4. The highest BCUT2D eigenvalue weighted by molar-refractivity contribution is 7.92. The molecule has 26 heavy (non-hydrogen) atoms. The number of likely N-dealkylation sites (N-methyl/N-ethyl adjacent to an activating group) is 1. The predicted octanol–water partition coefficient (Wildman–Crippen LogP) is 2.85. The van der Waals surface area contributed by atoms with E-state index in [4.69, 9.17) is 0 Å². The number of nitrogens with zero attached hydrogens (tertiary/aromatic N) is 2. The van der Waals surface area contributed by atoms with Gasteiger partial charge in [0.2, 0.25) is 5.91 Å². The first-order chi connectivity index (χ1) is 12.4. The molecule has 1 amide bonds. The average Bonchev–Trinajstić information content (AvgIpc) is 2.91. The number of fused-ring (bicyclic) bond motifs is 1. The number of nitrogens with one attached hydrogen (secondary N) is 1. The van der Waals surface area contributed by atoms with Crippen LogP contribution in [0.2, 0.25) is 0 Å². The van der Waals surface area contributed by atoms with Crippen LogP contribution < -0.4 is 14.5 Å². The zero-order valence-corrected chi connectivity index (χ0v) is 16.0. The van der Waals surface area contributed by atoms with Crippen molar-refractivity contribution in [2.45, 2.75) is 25.2 Å². The second-order valence-electron chi connectivity index (χ2n) is 6.24. The summed E-state index contributed by atoms with van der Waals surface area (Å²) < 4.78 is 28.0. The minimum Gasteiger partial charge on any atom is -0.372 e. The van der Waals surface area contributed by atoms with Crippen molar-refractivity contribution in [2.75, 3.05) is 34.7 Å². The molecule has 0 aromatic heterocycles. The quantitative estimate of drug-likeness (QED) is 0.845. The number of anilines is 3. The van der Waals surface area contributed by atoms with Gasteiger partial charge in [0, 0.05) is 37.2 Å². The predicted molar refractivity (Wildman–Crippen MR) is 104 cm³/mol. The van der Waals surface area contributed by atoms with E-state index in [2.05, 4.69) is 23.5 Å². The molecule has 0 unspecified atom stereocenters. The van der Waals surface area contributed by atoms with Crippen LogP contribution >= 0.6 is 0 Å². The van der Waals surface area contributed by atoms with Crippen molar-refractivity contribution in [3.8, 4) is 0 Å². The van der Waals surface area contributed by atoms with Crippen LogP contribution in [0.15, 0.2) is 47.4 Å². The molecule has 0 aliphatic carbocycles. The zero-order chi connectivity index (χ0) is 18.9. The van der Waals surface area contributed by atoms with Gasteiger partial charge in [-0.3, -0.25) is 9.52 Å². The van der Waals surface area contributed by atoms with Gasteiger partial charge in [-0.2, -0.15) is 0 Å². The summed E-state index contributed by atoms with van der Waals surface area (Å²) in [6.07, 6.45) is 0.230. The molecule has 1 N–H and O–H groups in total. The van der Waals surface area contributed by atoms with Crippen LogP contribution in [0.3, 0.4) is 0 Å². The highest BCUT2D eigenvalue weighted by atomic mass is 32.2. The maximum atomic E-state index is 12.7. The van der Waals surface area contributed by atoms with Gasteiger partial charge >= 0.3 is 0 Å². The van der Waals surface area contributed by atoms with E-state index in [-0.39, 0.29) is 17.2 Å². The Bertz CT molecular complexity index is 920. The van der Waals surface area contributed by atoms with Crippen LogP contribution in [0, 0.1) is 0 Å². The van der Waals surface area contributed by atoms with Crippen LogP contribution in [0.25, 0.3) is 0 Å². The van der Waals surface area contributed by atoms with Crippen molar-refractivity contribution >= 4 is 33.0 Å². The van der Waals surface area contributed by atoms with E-state index in [1.54, 1.807) is 36.2 Å². The maximum Gasteiger partial charge on any atom is 0.261 e. The second-order valence-corrected chi connectivity index (χ2v) is 7.93. The molecule has 1 heterocycles. The van der Waals surface area contributed by atoms with Crippen molar-refractivity contribution in [3.05, 3.63) is 48.0 Å². The molecule has 138 valence electrons. The lowest BCUT2D eigenvalue weighted by atomic mass is 10.2. The molecule has 0 saturated carbocycles. The van der Waals surface area contributed by atoms with E-state index < -0.39 is 10.0 Å². The Morgan fingerprint density at radius 2 is 1.73 bits per heavy atom. The molecule has 2 aromatic carbocycles. The average molecular weight is 373 g/mol. The van der Waals surface area contributed by atoms with Crippen molar-refractivity contribution in [1.82, 2.24) is 0 Å². The summed E-state index contributed by atoms with van der Waals surface area (Å²) in [6, 6.07) is 12.1. The van der Waals surface area contributed by atoms with Gasteiger partial charge in [-0.1, -0.05) is 0 Å². The lowest BCUT2D eigenvalue weighted by Crippen LogP contribution is -2.21. The molecule has 1 aliphatic rings. The van der Waals surface area contributed by atoms with Gasteiger partial charge < -0.3 is 9.80 Å². The van der Waals surface area contributed by atoms with Crippen molar-refractivity contribution in [1.29, 1.82) is 0 Å². The number of hydrogen-bond donors (Lipinski definition) is 1. The topological polar surface area (TPSA) is 69.7 Å². The number of rotatable bonds is 6. The van der Waals surface area contributed by atoms with Crippen LogP contribution in [-0.4, -0.2) is 34.5 Å². The summed E-state index contributed by atoms with van der Waals surface area (Å²) in [6.45, 7) is 5.94. The molecule has 0 fully saturated rings. The summed E-state index contributed by atoms with van der Waals surface area (Å²) in [7, 11) is -2.02. The van der Waals surface area contributed by atoms with Gasteiger partial charge in [0.25, 0.3) is 10.0 Å². The molecule has 6 nitrogen and oxygen atoms in total. The SMILES string of the molecule is CCN(CC)c1ccc(NS(=O)(=O)c2ccc3c(c2)CC(=O)N3C)cc1. The third kappa shape index (κ3) is 3.39. The molecular weight excluding hydrogens is 350 g/mol. The summed E-state index contributed by atoms with van der Waals surface area (Å²) in [4.78, 5) is 15.7. The third-order valence-electron chi connectivity index (χ3n) is 4.69. The van der Waals surface area contributed by atoms with E-state index in [0.717, 1.165) is 30.0 Å². The number of carbonyl (C=O) groups is 1. The molecule has 7 heteroatoms. The van der Waals surface area contributed by atoms with Crippen molar-refractivity contribution in [2.24, 2.45) is 0 Å². The molecule has 3 rings (SSSR count). The second kappa shape index (κ2) is 6.99. The molecule has 0 atom stereocenters. The fraction of sp³-hybridized carbons (Fsp3) is 0.316. The van der Waals surface area contributed by atoms with Gasteiger partial charge in [-0.05, 0) is 61.9 Å². The Morgan fingerprint density at radius 1 is 1.08 bits per heavy atom.